The molecule has 0 heterocycles. The molecule has 0 unspecified atom stereocenters. The van der Waals surface area contributed by atoms with Crippen molar-refractivity contribution < 1.29 is 19.8 Å². The van der Waals surface area contributed by atoms with Crippen LogP contribution < -0.4 is 0 Å². The lowest BCUT2D eigenvalue weighted by Crippen LogP contribution is -2.28. The molecule has 6 aromatic rings. The minimum atomic E-state index is -0.946. The molecule has 0 saturated heterocycles. The van der Waals surface area contributed by atoms with E-state index in [-0.39, 0.29) is 11.1 Å². The Morgan fingerprint density at radius 2 is 0.846 bits per heavy atom. The molecule has 186 valence electrons. The monoisotopic (exact) mass is 506 g/mol. The number of carboxylic acid groups (broad SMARTS) is 2. The van der Waals surface area contributed by atoms with E-state index in [2.05, 4.69) is 72.8 Å². The van der Waals surface area contributed by atoms with E-state index in [4.69, 9.17) is 0 Å². The Kier molecular flexibility index (Phi) is 4.94. The second-order valence-electron chi connectivity index (χ2n) is 10.0. The van der Waals surface area contributed by atoms with Gasteiger partial charge in [0.25, 0.3) is 0 Å². The molecule has 0 aromatic heterocycles. The Labute approximate surface area is 224 Å². The predicted octanol–water partition coefficient (Wildman–Crippen LogP) is 7.75. The molecule has 0 atom stereocenters. The van der Waals surface area contributed by atoms with E-state index < -0.39 is 17.4 Å². The molecule has 4 nitrogen and oxygen atoms in total. The van der Waals surface area contributed by atoms with Crippen molar-refractivity contribution in [1.29, 1.82) is 0 Å². The number of rotatable bonds is 4. The average molecular weight is 507 g/mol. The molecular formula is C35H22O4. The molecule has 4 heteroatoms. The summed E-state index contributed by atoms with van der Waals surface area (Å²) in [5, 5.41) is 22.6. The highest BCUT2D eigenvalue weighted by Gasteiger charge is 2.46. The van der Waals surface area contributed by atoms with E-state index in [9.17, 15) is 19.8 Å². The Morgan fingerprint density at radius 3 is 1.28 bits per heavy atom. The average Bonchev–Trinajstić information content (AvgIpc) is 3.27. The second-order valence-corrected chi connectivity index (χ2v) is 10.0. The largest absolute Gasteiger partial charge is 0.478 e. The van der Waals surface area contributed by atoms with Crippen LogP contribution in [0.1, 0.15) is 43.0 Å². The van der Waals surface area contributed by atoms with Gasteiger partial charge >= 0.3 is 11.9 Å². The third-order valence-electron chi connectivity index (χ3n) is 7.99. The molecule has 0 fully saturated rings. The summed E-state index contributed by atoms with van der Waals surface area (Å²) in [6, 6.07) is 40.0. The first-order valence-corrected chi connectivity index (χ1v) is 12.7. The van der Waals surface area contributed by atoms with Crippen LogP contribution in [-0.2, 0) is 5.41 Å². The summed E-state index contributed by atoms with van der Waals surface area (Å²) < 4.78 is 0. The molecule has 39 heavy (non-hydrogen) atoms. The summed E-state index contributed by atoms with van der Waals surface area (Å²) in [5.74, 6) is -1.89. The third-order valence-corrected chi connectivity index (χ3v) is 7.99. The minimum Gasteiger partial charge on any atom is -0.478 e. The number of carbonyl (C=O) groups is 2. The van der Waals surface area contributed by atoms with Crippen molar-refractivity contribution in [3.05, 3.63) is 155 Å². The van der Waals surface area contributed by atoms with Crippen molar-refractivity contribution in [2.45, 2.75) is 5.41 Å². The van der Waals surface area contributed by atoms with Gasteiger partial charge in [0, 0.05) is 0 Å². The molecule has 0 spiro atoms. The van der Waals surface area contributed by atoms with Crippen LogP contribution in [-0.4, -0.2) is 22.2 Å². The molecule has 0 aliphatic heterocycles. The zero-order valence-corrected chi connectivity index (χ0v) is 20.8. The van der Waals surface area contributed by atoms with Gasteiger partial charge < -0.3 is 10.2 Å². The molecule has 7 rings (SSSR count). The van der Waals surface area contributed by atoms with E-state index in [0.29, 0.717) is 0 Å². The fourth-order valence-corrected chi connectivity index (χ4v) is 6.25. The van der Waals surface area contributed by atoms with Crippen molar-refractivity contribution >= 4 is 33.5 Å². The van der Waals surface area contributed by atoms with Crippen LogP contribution >= 0.6 is 0 Å². The molecule has 0 amide bonds. The zero-order chi connectivity index (χ0) is 26.7. The first-order chi connectivity index (χ1) is 19.0. The summed E-state index contributed by atoms with van der Waals surface area (Å²) in [6.07, 6.45) is 0. The van der Waals surface area contributed by atoms with Gasteiger partial charge in [-0.1, -0.05) is 84.9 Å². The highest BCUT2D eigenvalue weighted by molar-refractivity contribution is 5.97. The molecule has 1 aliphatic rings. The number of aromatic carboxylic acids is 2. The summed E-state index contributed by atoms with van der Waals surface area (Å²) >= 11 is 0. The Balaban J connectivity index is 1.56. The lowest BCUT2D eigenvalue weighted by atomic mass is 9.67. The number of hydrogen-bond acceptors (Lipinski definition) is 2. The van der Waals surface area contributed by atoms with Crippen LogP contribution in [0.25, 0.3) is 32.7 Å². The standard InChI is InChI=1S/C35H22O4/c36-33(37)25-11-9-23-19-27(15-13-21(23)17-25)35(28-16-14-22-18-26(34(38)39)12-10-24(22)20-28)31-7-3-1-5-29(31)30-6-2-4-8-32(30)35/h1-20H,(H,36,37)(H,38,39). The third kappa shape index (κ3) is 3.32. The van der Waals surface area contributed by atoms with Gasteiger partial charge in [-0.3, -0.25) is 0 Å². The fraction of sp³-hybridized carbons (Fsp3) is 0.0286. The molecule has 0 radical (unpaired) electrons. The Morgan fingerprint density at radius 1 is 0.462 bits per heavy atom. The van der Waals surface area contributed by atoms with Gasteiger partial charge in [-0.15, -0.1) is 0 Å². The maximum atomic E-state index is 11.6. The Hall–Kier alpha value is -5.22. The van der Waals surface area contributed by atoms with E-state index in [1.54, 1.807) is 24.3 Å². The van der Waals surface area contributed by atoms with Crippen molar-refractivity contribution in [2.24, 2.45) is 0 Å². The molecule has 0 saturated carbocycles. The minimum absolute atomic E-state index is 0.261. The highest BCUT2D eigenvalue weighted by Crippen LogP contribution is 2.56. The van der Waals surface area contributed by atoms with Crippen LogP contribution in [0.15, 0.2) is 121 Å². The lowest BCUT2D eigenvalue weighted by Gasteiger charge is -2.34. The number of benzene rings is 6. The van der Waals surface area contributed by atoms with E-state index in [1.165, 1.54) is 22.3 Å². The van der Waals surface area contributed by atoms with Gasteiger partial charge in [-0.25, -0.2) is 9.59 Å². The quantitative estimate of drug-likeness (QED) is 0.256. The van der Waals surface area contributed by atoms with Crippen LogP contribution in [0.3, 0.4) is 0 Å². The normalized spacial score (nSPS) is 13.2. The van der Waals surface area contributed by atoms with Crippen LogP contribution in [0.5, 0.6) is 0 Å². The smallest absolute Gasteiger partial charge is 0.335 e. The van der Waals surface area contributed by atoms with Gasteiger partial charge in [-0.05, 0) is 91.3 Å². The Bertz CT molecular complexity index is 1840. The van der Waals surface area contributed by atoms with E-state index >= 15 is 0 Å². The SMILES string of the molecule is O=C(O)c1ccc2cc(C3(c4ccc5cc(C(=O)O)ccc5c4)c4ccccc4-c4ccccc43)ccc2c1. The number of hydrogen-bond donors (Lipinski definition) is 2. The second kappa shape index (κ2) is 8.40. The summed E-state index contributed by atoms with van der Waals surface area (Å²) in [6.45, 7) is 0. The van der Waals surface area contributed by atoms with Crippen LogP contribution in [0.2, 0.25) is 0 Å². The predicted molar refractivity (Wildman–Crippen MR) is 153 cm³/mol. The fourth-order valence-electron chi connectivity index (χ4n) is 6.25. The van der Waals surface area contributed by atoms with E-state index in [1.807, 2.05) is 24.3 Å². The van der Waals surface area contributed by atoms with E-state index in [0.717, 1.165) is 32.7 Å². The first kappa shape index (κ1) is 22.9. The number of fused-ring (bicyclic) bond motifs is 5. The summed E-state index contributed by atoms with van der Waals surface area (Å²) in [4.78, 5) is 23.1. The van der Waals surface area contributed by atoms with Gasteiger partial charge in [0.15, 0.2) is 0 Å². The topological polar surface area (TPSA) is 74.6 Å². The van der Waals surface area contributed by atoms with Gasteiger partial charge in [0.05, 0.1) is 16.5 Å². The number of carboxylic acids is 2. The first-order valence-electron chi connectivity index (χ1n) is 12.7. The van der Waals surface area contributed by atoms with Gasteiger partial charge in [0.2, 0.25) is 0 Å². The van der Waals surface area contributed by atoms with Crippen molar-refractivity contribution in [2.75, 3.05) is 0 Å². The van der Waals surface area contributed by atoms with Crippen molar-refractivity contribution in [3.8, 4) is 11.1 Å². The summed E-state index contributed by atoms with van der Waals surface area (Å²) in [7, 11) is 0. The molecule has 2 N–H and O–H groups in total. The van der Waals surface area contributed by atoms with Crippen LogP contribution in [0, 0.1) is 0 Å². The van der Waals surface area contributed by atoms with Crippen molar-refractivity contribution in [1.82, 2.24) is 0 Å². The van der Waals surface area contributed by atoms with Crippen LogP contribution in [0.4, 0.5) is 0 Å². The lowest BCUT2D eigenvalue weighted by molar-refractivity contribution is 0.0686. The van der Waals surface area contributed by atoms with Gasteiger partial charge in [-0.2, -0.15) is 0 Å². The molecule has 1 aliphatic carbocycles. The van der Waals surface area contributed by atoms with Crippen molar-refractivity contribution in [3.63, 3.8) is 0 Å². The maximum absolute atomic E-state index is 11.6. The summed E-state index contributed by atoms with van der Waals surface area (Å²) in [5.41, 5.74) is 6.77. The molecular weight excluding hydrogens is 484 g/mol. The molecule has 0 bridgehead atoms. The maximum Gasteiger partial charge on any atom is 0.335 e. The highest BCUT2D eigenvalue weighted by atomic mass is 16.4. The zero-order valence-electron chi connectivity index (χ0n) is 20.8. The van der Waals surface area contributed by atoms with Gasteiger partial charge in [0.1, 0.15) is 0 Å². The molecule has 6 aromatic carbocycles.